The number of aromatic nitrogens is 2. The molecule has 0 saturated carbocycles. The van der Waals surface area contributed by atoms with Crippen molar-refractivity contribution in [2.24, 2.45) is 5.84 Å². The Morgan fingerprint density at radius 2 is 2.12 bits per heavy atom. The zero-order valence-electron chi connectivity index (χ0n) is 8.91. The van der Waals surface area contributed by atoms with Crippen LogP contribution in [0.15, 0.2) is 16.6 Å². The first-order valence-electron chi connectivity index (χ1n) is 4.64. The van der Waals surface area contributed by atoms with Crippen LogP contribution in [-0.2, 0) is 0 Å². The molecule has 6 heteroatoms. The standard InChI is InChI=1S/C10H11BrN4O/c1-5-10(15-12)14-7-3-6(11)4-8(16-2)9(7)13-5/h3-4H,12H2,1-2H3,(H,14,15). The van der Waals surface area contributed by atoms with E-state index in [1.165, 1.54) is 0 Å². The van der Waals surface area contributed by atoms with Gasteiger partial charge in [0.05, 0.1) is 18.3 Å². The Morgan fingerprint density at radius 1 is 1.38 bits per heavy atom. The SMILES string of the molecule is COc1cc(Br)cc2nc(NN)c(C)nc12. The number of nitrogens with one attached hydrogen (secondary N) is 1. The van der Waals surface area contributed by atoms with Crippen LogP contribution >= 0.6 is 15.9 Å². The number of hydrogen-bond donors (Lipinski definition) is 2. The van der Waals surface area contributed by atoms with Gasteiger partial charge < -0.3 is 10.2 Å². The highest BCUT2D eigenvalue weighted by Gasteiger charge is 2.09. The Balaban J connectivity index is 2.79. The van der Waals surface area contributed by atoms with Crippen LogP contribution in [0.2, 0.25) is 0 Å². The summed E-state index contributed by atoms with van der Waals surface area (Å²) in [6, 6.07) is 3.72. The molecule has 84 valence electrons. The minimum atomic E-state index is 0.563. The molecule has 5 nitrogen and oxygen atoms in total. The van der Waals surface area contributed by atoms with Crippen molar-refractivity contribution in [2.75, 3.05) is 12.5 Å². The molecule has 0 amide bonds. The van der Waals surface area contributed by atoms with E-state index in [2.05, 4.69) is 31.3 Å². The molecule has 0 aliphatic carbocycles. The lowest BCUT2D eigenvalue weighted by Gasteiger charge is -2.08. The number of methoxy groups -OCH3 is 1. The van der Waals surface area contributed by atoms with Crippen molar-refractivity contribution in [3.05, 3.63) is 22.3 Å². The fraction of sp³-hybridized carbons (Fsp3) is 0.200. The summed E-state index contributed by atoms with van der Waals surface area (Å²) in [5.41, 5.74) is 4.70. The third kappa shape index (κ3) is 1.81. The minimum Gasteiger partial charge on any atom is -0.494 e. The van der Waals surface area contributed by atoms with E-state index in [4.69, 9.17) is 10.6 Å². The predicted octanol–water partition coefficient (Wildman–Crippen LogP) is 1.99. The maximum absolute atomic E-state index is 5.35. The van der Waals surface area contributed by atoms with Crippen molar-refractivity contribution < 1.29 is 4.74 Å². The normalized spacial score (nSPS) is 10.5. The second-order valence-corrected chi connectivity index (χ2v) is 4.19. The van der Waals surface area contributed by atoms with Crippen molar-refractivity contribution in [1.82, 2.24) is 9.97 Å². The molecule has 0 bridgehead atoms. The first-order chi connectivity index (χ1) is 7.65. The highest BCUT2D eigenvalue weighted by atomic mass is 79.9. The number of rotatable bonds is 2. The van der Waals surface area contributed by atoms with Crippen LogP contribution in [0, 0.1) is 6.92 Å². The Morgan fingerprint density at radius 3 is 2.75 bits per heavy atom. The largest absolute Gasteiger partial charge is 0.494 e. The molecule has 1 heterocycles. The van der Waals surface area contributed by atoms with Crippen LogP contribution in [0.25, 0.3) is 11.0 Å². The van der Waals surface area contributed by atoms with Gasteiger partial charge in [0.15, 0.2) is 5.82 Å². The van der Waals surface area contributed by atoms with Crippen molar-refractivity contribution in [3.63, 3.8) is 0 Å². The second-order valence-electron chi connectivity index (χ2n) is 3.28. The molecule has 0 spiro atoms. The first-order valence-corrected chi connectivity index (χ1v) is 5.43. The van der Waals surface area contributed by atoms with E-state index < -0.39 is 0 Å². The molecule has 0 fully saturated rings. The first kappa shape index (κ1) is 11.1. The number of anilines is 1. The third-order valence-corrected chi connectivity index (χ3v) is 2.69. The van der Waals surface area contributed by atoms with Gasteiger partial charge in [-0.3, -0.25) is 0 Å². The van der Waals surface area contributed by atoms with Crippen molar-refractivity contribution in [3.8, 4) is 5.75 Å². The Labute approximate surface area is 101 Å². The number of hydrazine groups is 1. The molecular weight excluding hydrogens is 272 g/mol. The molecule has 0 unspecified atom stereocenters. The zero-order valence-corrected chi connectivity index (χ0v) is 10.5. The number of nitrogens with zero attached hydrogens (tertiary/aromatic N) is 2. The predicted molar refractivity (Wildman–Crippen MR) is 66.3 cm³/mol. The molecule has 0 radical (unpaired) electrons. The Bertz CT molecular complexity index is 544. The van der Waals surface area contributed by atoms with Crippen LogP contribution < -0.4 is 16.0 Å². The molecule has 0 saturated heterocycles. The summed E-state index contributed by atoms with van der Waals surface area (Å²) >= 11 is 3.39. The van der Waals surface area contributed by atoms with Gasteiger partial charge in [-0.15, -0.1) is 0 Å². The third-order valence-electron chi connectivity index (χ3n) is 2.23. The van der Waals surface area contributed by atoms with Gasteiger partial charge in [0.1, 0.15) is 11.3 Å². The molecule has 0 atom stereocenters. The van der Waals surface area contributed by atoms with E-state index >= 15 is 0 Å². The summed E-state index contributed by atoms with van der Waals surface area (Å²) in [5, 5.41) is 0. The Hall–Kier alpha value is -1.40. The maximum Gasteiger partial charge on any atom is 0.162 e. The van der Waals surface area contributed by atoms with E-state index in [9.17, 15) is 0 Å². The summed E-state index contributed by atoms with van der Waals surface area (Å²) < 4.78 is 6.14. The summed E-state index contributed by atoms with van der Waals surface area (Å²) in [7, 11) is 1.60. The minimum absolute atomic E-state index is 0.563. The van der Waals surface area contributed by atoms with Crippen LogP contribution in [0.3, 0.4) is 0 Å². The molecule has 0 aliphatic rings. The lowest BCUT2D eigenvalue weighted by molar-refractivity contribution is 0.418. The average Bonchev–Trinajstić information content (AvgIpc) is 2.28. The molecule has 1 aromatic carbocycles. The maximum atomic E-state index is 5.35. The van der Waals surface area contributed by atoms with Crippen LogP contribution in [0.1, 0.15) is 5.69 Å². The van der Waals surface area contributed by atoms with Crippen LogP contribution in [-0.4, -0.2) is 17.1 Å². The Kier molecular flexibility index (Phi) is 2.93. The molecular formula is C10H11BrN4O. The number of hydrogen-bond acceptors (Lipinski definition) is 5. The monoisotopic (exact) mass is 282 g/mol. The molecule has 16 heavy (non-hydrogen) atoms. The van der Waals surface area contributed by atoms with Crippen molar-refractivity contribution in [2.45, 2.75) is 6.92 Å². The van der Waals surface area contributed by atoms with Gasteiger partial charge in [-0.1, -0.05) is 15.9 Å². The van der Waals surface area contributed by atoms with Gasteiger partial charge in [-0.05, 0) is 19.1 Å². The quantitative estimate of drug-likeness (QED) is 0.651. The van der Waals surface area contributed by atoms with Gasteiger partial charge in [0.25, 0.3) is 0 Å². The molecule has 2 aromatic rings. The van der Waals surface area contributed by atoms with Gasteiger partial charge in [0.2, 0.25) is 0 Å². The van der Waals surface area contributed by atoms with Crippen LogP contribution in [0.4, 0.5) is 5.82 Å². The van der Waals surface area contributed by atoms with Gasteiger partial charge in [0, 0.05) is 4.47 Å². The van der Waals surface area contributed by atoms with Crippen LogP contribution in [0.5, 0.6) is 5.75 Å². The summed E-state index contributed by atoms with van der Waals surface area (Å²) in [6.45, 7) is 1.84. The topological polar surface area (TPSA) is 73.1 Å². The number of benzene rings is 1. The lowest BCUT2D eigenvalue weighted by Crippen LogP contribution is -2.11. The number of halogens is 1. The average molecular weight is 283 g/mol. The summed E-state index contributed by atoms with van der Waals surface area (Å²) in [4.78, 5) is 8.76. The van der Waals surface area contributed by atoms with Crippen molar-refractivity contribution >= 4 is 32.8 Å². The molecule has 1 aromatic heterocycles. The number of fused-ring (bicyclic) bond motifs is 1. The molecule has 0 aliphatic heterocycles. The lowest BCUT2D eigenvalue weighted by atomic mass is 10.2. The van der Waals surface area contributed by atoms with E-state index in [-0.39, 0.29) is 0 Å². The highest BCUT2D eigenvalue weighted by molar-refractivity contribution is 9.10. The smallest absolute Gasteiger partial charge is 0.162 e. The molecule has 2 rings (SSSR count). The second kappa shape index (κ2) is 4.23. The number of nitrogens with two attached hydrogens (primary N) is 1. The van der Waals surface area contributed by atoms with Gasteiger partial charge in [-0.2, -0.15) is 0 Å². The summed E-state index contributed by atoms with van der Waals surface area (Å²) in [5.74, 6) is 6.60. The fourth-order valence-electron chi connectivity index (χ4n) is 1.47. The molecule has 3 N–H and O–H groups in total. The highest BCUT2D eigenvalue weighted by Crippen LogP contribution is 2.28. The zero-order chi connectivity index (χ0) is 11.7. The van der Waals surface area contributed by atoms with Gasteiger partial charge in [-0.25, -0.2) is 15.8 Å². The number of aryl methyl sites for hydroxylation is 1. The number of nitrogen functional groups attached to an aromatic ring is 1. The fourth-order valence-corrected chi connectivity index (χ4v) is 1.90. The van der Waals surface area contributed by atoms with Crippen molar-refractivity contribution in [1.29, 1.82) is 0 Å². The van der Waals surface area contributed by atoms with E-state index in [1.807, 2.05) is 19.1 Å². The summed E-state index contributed by atoms with van der Waals surface area (Å²) in [6.07, 6.45) is 0. The van der Waals surface area contributed by atoms with E-state index in [0.29, 0.717) is 11.6 Å². The van der Waals surface area contributed by atoms with E-state index in [0.717, 1.165) is 21.2 Å². The number of ether oxygens (including phenoxy) is 1. The van der Waals surface area contributed by atoms with E-state index in [1.54, 1.807) is 7.11 Å². The van der Waals surface area contributed by atoms with Gasteiger partial charge >= 0.3 is 0 Å².